The van der Waals surface area contributed by atoms with Crippen LogP contribution in [0.15, 0.2) is 59.1 Å². The molecule has 3 aromatic carbocycles. The summed E-state index contributed by atoms with van der Waals surface area (Å²) >= 11 is 3.53. The van der Waals surface area contributed by atoms with Crippen molar-refractivity contribution in [3.63, 3.8) is 0 Å². The van der Waals surface area contributed by atoms with Gasteiger partial charge in [0.15, 0.2) is 0 Å². The highest BCUT2D eigenvalue weighted by Crippen LogP contribution is 2.42. The highest BCUT2D eigenvalue weighted by Gasteiger charge is 2.51. The molecule has 2 N–H and O–H groups in total. The van der Waals surface area contributed by atoms with Gasteiger partial charge in [-0.1, -0.05) is 40.2 Å². The zero-order valence-electron chi connectivity index (χ0n) is 24.3. The van der Waals surface area contributed by atoms with Gasteiger partial charge in [0, 0.05) is 27.0 Å². The summed E-state index contributed by atoms with van der Waals surface area (Å²) in [6.07, 6.45) is 0.719. The summed E-state index contributed by atoms with van der Waals surface area (Å²) in [7, 11) is 1.59. The predicted octanol–water partition coefficient (Wildman–Crippen LogP) is 4.18. The Morgan fingerprint density at radius 3 is 2.79 bits per heavy atom. The standard InChI is InChI=1S/C29H32BrN3O5/c1-18(31-2)27(34)32-26-28(35)33(17-22-21-10-9-20(30)16-19(21)8-11-24(22)36-3)23-6-4-5-7-25(23)38-29(26)12-14-37-15-13-29/h4-11,16,18,26,31H,12-15,17H2,1-3H3,(H,32,34)/t18-,26+/m0/s1/i2D3. The van der Waals surface area contributed by atoms with E-state index in [1.807, 2.05) is 54.6 Å². The third kappa shape index (κ3) is 4.86. The molecule has 0 radical (unpaired) electrons. The smallest absolute Gasteiger partial charge is 0.254 e. The zero-order valence-corrected chi connectivity index (χ0v) is 22.8. The van der Waals surface area contributed by atoms with E-state index in [0.717, 1.165) is 20.8 Å². The molecule has 8 nitrogen and oxygen atoms in total. The molecule has 2 aliphatic heterocycles. The van der Waals surface area contributed by atoms with Crippen molar-refractivity contribution < 1.29 is 27.9 Å². The first kappa shape index (κ1) is 22.8. The van der Waals surface area contributed by atoms with Gasteiger partial charge in [-0.3, -0.25) is 9.59 Å². The fraction of sp³-hybridized carbons (Fsp3) is 0.379. The molecule has 1 saturated heterocycles. The van der Waals surface area contributed by atoms with Crippen LogP contribution in [-0.2, 0) is 20.9 Å². The highest BCUT2D eigenvalue weighted by atomic mass is 79.9. The number of amides is 2. The van der Waals surface area contributed by atoms with Crippen molar-refractivity contribution in [2.24, 2.45) is 0 Å². The van der Waals surface area contributed by atoms with Gasteiger partial charge in [0.05, 0.1) is 38.6 Å². The van der Waals surface area contributed by atoms with Crippen LogP contribution in [0, 0.1) is 0 Å². The minimum Gasteiger partial charge on any atom is -0.496 e. The summed E-state index contributed by atoms with van der Waals surface area (Å²) in [5.74, 6) is 0.136. The van der Waals surface area contributed by atoms with Crippen molar-refractivity contribution in [2.75, 3.05) is 32.2 Å². The molecule has 2 heterocycles. The Balaban J connectivity index is 1.61. The molecule has 1 fully saturated rings. The van der Waals surface area contributed by atoms with Crippen molar-refractivity contribution in [1.29, 1.82) is 0 Å². The lowest BCUT2D eigenvalue weighted by molar-refractivity contribution is -0.138. The van der Waals surface area contributed by atoms with Crippen molar-refractivity contribution in [1.82, 2.24) is 10.6 Å². The number of para-hydroxylation sites is 2. The van der Waals surface area contributed by atoms with Crippen LogP contribution in [0.5, 0.6) is 11.5 Å². The van der Waals surface area contributed by atoms with Gasteiger partial charge in [-0.15, -0.1) is 0 Å². The van der Waals surface area contributed by atoms with Crippen LogP contribution in [-0.4, -0.2) is 56.8 Å². The average Bonchev–Trinajstić information content (AvgIpc) is 3.01. The van der Waals surface area contributed by atoms with Crippen LogP contribution >= 0.6 is 15.9 Å². The van der Waals surface area contributed by atoms with Gasteiger partial charge >= 0.3 is 0 Å². The number of nitrogens with one attached hydrogen (secondary N) is 2. The quantitative estimate of drug-likeness (QED) is 0.452. The molecule has 5 rings (SSSR count). The van der Waals surface area contributed by atoms with Crippen molar-refractivity contribution in [2.45, 2.75) is 44.0 Å². The largest absolute Gasteiger partial charge is 0.496 e. The van der Waals surface area contributed by atoms with E-state index in [9.17, 15) is 9.59 Å². The normalized spacial score (nSPS) is 20.9. The molecule has 3 aromatic rings. The van der Waals surface area contributed by atoms with E-state index in [4.69, 9.17) is 18.3 Å². The number of fused-ring (bicyclic) bond motifs is 2. The fourth-order valence-electron chi connectivity index (χ4n) is 5.20. The number of benzene rings is 3. The number of anilines is 1. The van der Waals surface area contributed by atoms with Crippen LogP contribution in [0.3, 0.4) is 0 Å². The molecule has 2 amide bonds. The van der Waals surface area contributed by atoms with E-state index in [-0.39, 0.29) is 12.5 Å². The number of methoxy groups -OCH3 is 1. The highest BCUT2D eigenvalue weighted by molar-refractivity contribution is 9.10. The number of hydrogen-bond acceptors (Lipinski definition) is 6. The SMILES string of the molecule is [2H]C([2H])([2H])N[C@@H](C)C(=O)N[C@@H]1C(=O)N(Cc2c(OC)ccc3cc(Br)ccc23)c2ccccc2OC12CCOCC2. The van der Waals surface area contributed by atoms with Gasteiger partial charge in [0.2, 0.25) is 5.91 Å². The number of hydrogen-bond donors (Lipinski definition) is 2. The lowest BCUT2D eigenvalue weighted by Gasteiger charge is -2.41. The Labute approximate surface area is 235 Å². The third-order valence-corrected chi connectivity index (χ3v) is 7.82. The molecule has 2 aliphatic rings. The van der Waals surface area contributed by atoms with Crippen molar-refractivity contribution >= 4 is 44.2 Å². The van der Waals surface area contributed by atoms with E-state index in [1.54, 1.807) is 12.0 Å². The fourth-order valence-corrected chi connectivity index (χ4v) is 5.58. The summed E-state index contributed by atoms with van der Waals surface area (Å²) in [5.41, 5.74) is 0.263. The second-order valence-electron chi connectivity index (χ2n) is 9.59. The molecule has 0 bridgehead atoms. The van der Waals surface area contributed by atoms with Gasteiger partial charge in [-0.05, 0) is 55.0 Å². The van der Waals surface area contributed by atoms with Gasteiger partial charge in [-0.25, -0.2) is 0 Å². The number of halogens is 1. The molecule has 9 heteroatoms. The van der Waals surface area contributed by atoms with E-state index in [2.05, 4.69) is 26.6 Å². The number of ether oxygens (including phenoxy) is 3. The summed E-state index contributed by atoms with van der Waals surface area (Å²) < 4.78 is 41.5. The number of carbonyl (C=O) groups is 2. The van der Waals surface area contributed by atoms with Crippen LogP contribution in [0.4, 0.5) is 5.69 Å². The molecule has 1 spiro atoms. The molecule has 0 unspecified atom stereocenters. The van der Waals surface area contributed by atoms with Crippen LogP contribution in [0.25, 0.3) is 10.8 Å². The second kappa shape index (κ2) is 10.9. The average molecular weight is 586 g/mol. The molecule has 200 valence electrons. The van der Waals surface area contributed by atoms with Crippen molar-refractivity contribution in [3.8, 4) is 11.5 Å². The Kier molecular flexibility index (Phi) is 6.56. The summed E-state index contributed by atoms with van der Waals surface area (Å²) in [5, 5.41) is 7.06. The first-order valence-corrected chi connectivity index (χ1v) is 13.3. The monoisotopic (exact) mass is 584 g/mol. The Hall–Kier alpha value is -3.14. The minimum absolute atomic E-state index is 0.142. The van der Waals surface area contributed by atoms with E-state index < -0.39 is 30.6 Å². The molecular formula is C29H32BrN3O5. The van der Waals surface area contributed by atoms with Gasteiger partial charge < -0.3 is 29.7 Å². The van der Waals surface area contributed by atoms with Crippen molar-refractivity contribution in [3.05, 3.63) is 64.6 Å². The first-order valence-electron chi connectivity index (χ1n) is 14.0. The zero-order chi connectivity index (χ0) is 29.4. The maximum absolute atomic E-state index is 14.6. The first-order chi connectivity index (χ1) is 19.5. The Morgan fingerprint density at radius 1 is 1.24 bits per heavy atom. The predicted molar refractivity (Wildman–Crippen MR) is 150 cm³/mol. The van der Waals surface area contributed by atoms with Crippen LogP contribution < -0.4 is 25.0 Å². The maximum atomic E-state index is 14.6. The van der Waals surface area contributed by atoms with Crippen LogP contribution in [0.1, 0.15) is 29.4 Å². The van der Waals surface area contributed by atoms with Gasteiger partial charge in [0.25, 0.3) is 5.91 Å². The van der Waals surface area contributed by atoms with Gasteiger partial charge in [-0.2, -0.15) is 0 Å². The number of carbonyl (C=O) groups excluding carboxylic acids is 2. The number of likely N-dealkylation sites (N-methyl/N-ethyl adjacent to an activating group) is 1. The lowest BCUT2D eigenvalue weighted by Crippen LogP contribution is -2.65. The summed E-state index contributed by atoms with van der Waals surface area (Å²) in [6.45, 7) is -0.248. The summed E-state index contributed by atoms with van der Waals surface area (Å²) in [4.78, 5) is 29.6. The van der Waals surface area contributed by atoms with Gasteiger partial charge in [0.1, 0.15) is 23.1 Å². The molecule has 0 aromatic heterocycles. The topological polar surface area (TPSA) is 89.1 Å². The molecule has 2 atom stereocenters. The number of rotatable bonds is 6. The number of nitrogens with zero attached hydrogens (tertiary/aromatic N) is 1. The second-order valence-corrected chi connectivity index (χ2v) is 10.5. The van der Waals surface area contributed by atoms with E-state index in [0.29, 0.717) is 43.2 Å². The third-order valence-electron chi connectivity index (χ3n) is 7.33. The molecule has 0 saturated carbocycles. The molecular weight excluding hydrogens is 550 g/mol. The van der Waals surface area contributed by atoms with E-state index in [1.165, 1.54) is 6.92 Å². The summed E-state index contributed by atoms with van der Waals surface area (Å²) in [6, 6.07) is 14.9. The molecule has 0 aliphatic carbocycles. The maximum Gasteiger partial charge on any atom is 0.254 e. The molecule has 38 heavy (non-hydrogen) atoms. The van der Waals surface area contributed by atoms with E-state index >= 15 is 0 Å². The lowest BCUT2D eigenvalue weighted by atomic mass is 9.84. The Bertz CT molecular complexity index is 1460. The minimum atomic E-state index is -2.53. The Morgan fingerprint density at radius 2 is 2.03 bits per heavy atom. The van der Waals surface area contributed by atoms with Crippen LogP contribution in [0.2, 0.25) is 0 Å².